The van der Waals surface area contributed by atoms with Gasteiger partial charge in [-0.05, 0) is 24.6 Å². The predicted molar refractivity (Wildman–Crippen MR) is 43.8 cm³/mol. The molecule has 0 aromatic heterocycles. The van der Waals surface area contributed by atoms with Crippen molar-refractivity contribution in [3.8, 4) is 0 Å². The molecule has 2 saturated heterocycles. The van der Waals surface area contributed by atoms with Crippen LogP contribution in [0.15, 0.2) is 0 Å². The third kappa shape index (κ3) is 1.08. The Bertz CT molecular complexity index is 197. The maximum Gasteiger partial charge on any atom is 0.154 e. The second-order valence-corrected chi connectivity index (χ2v) is 4.16. The maximum absolute atomic E-state index is 11.3. The van der Waals surface area contributed by atoms with Crippen LogP contribution in [0.1, 0.15) is 19.3 Å². The number of carbonyl (C=O) groups is 1. The van der Waals surface area contributed by atoms with Crippen molar-refractivity contribution >= 4 is 29.2 Å². The van der Waals surface area contributed by atoms with Gasteiger partial charge in [0, 0.05) is 12.5 Å². The average Bonchev–Trinajstić information content (AvgIpc) is 2.11. The SMILES string of the molecule is O=C1C[C@@H]2CC[C@H](Cl)[C@H]1N2Cl. The molecule has 2 nitrogen and oxygen atoms in total. The topological polar surface area (TPSA) is 20.3 Å². The molecule has 11 heavy (non-hydrogen) atoms. The lowest BCUT2D eigenvalue weighted by Gasteiger charge is -2.30. The van der Waals surface area contributed by atoms with Crippen molar-refractivity contribution in [2.75, 3.05) is 0 Å². The largest absolute Gasteiger partial charge is 0.298 e. The minimum Gasteiger partial charge on any atom is -0.298 e. The van der Waals surface area contributed by atoms with Gasteiger partial charge < -0.3 is 0 Å². The quantitative estimate of drug-likeness (QED) is 0.430. The van der Waals surface area contributed by atoms with Crippen molar-refractivity contribution in [3.63, 3.8) is 0 Å². The summed E-state index contributed by atoms with van der Waals surface area (Å²) in [6.45, 7) is 0. The highest BCUT2D eigenvalue weighted by Gasteiger charge is 2.46. The standard InChI is InChI=1S/C7H9Cl2NO/c8-5-2-1-4-3-6(11)7(5)10(4)9/h4-5,7H,1-3H2/t4-,5-,7+/m0/s1. The summed E-state index contributed by atoms with van der Waals surface area (Å²) in [6, 6.07) is 0.0428. The number of halogens is 2. The van der Waals surface area contributed by atoms with Crippen molar-refractivity contribution in [3.05, 3.63) is 0 Å². The fraction of sp³-hybridized carbons (Fsp3) is 0.857. The summed E-state index contributed by atoms with van der Waals surface area (Å²) in [4.78, 5) is 11.3. The van der Waals surface area contributed by atoms with E-state index in [2.05, 4.69) is 0 Å². The smallest absolute Gasteiger partial charge is 0.154 e. The van der Waals surface area contributed by atoms with Gasteiger partial charge in [-0.3, -0.25) is 4.79 Å². The van der Waals surface area contributed by atoms with Crippen molar-refractivity contribution in [1.29, 1.82) is 0 Å². The van der Waals surface area contributed by atoms with Crippen LogP contribution in [0.4, 0.5) is 0 Å². The highest BCUT2D eigenvalue weighted by Crippen LogP contribution is 2.37. The number of Topliss-reactive ketones (excluding diaryl/α,β-unsaturated/α-hetero) is 1. The molecule has 2 aliphatic rings. The van der Waals surface area contributed by atoms with Crippen molar-refractivity contribution in [2.45, 2.75) is 36.7 Å². The van der Waals surface area contributed by atoms with Crippen molar-refractivity contribution in [1.82, 2.24) is 4.42 Å². The van der Waals surface area contributed by atoms with Crippen LogP contribution in [-0.4, -0.2) is 27.7 Å². The van der Waals surface area contributed by atoms with E-state index in [-0.39, 0.29) is 23.2 Å². The molecule has 2 rings (SSSR count). The van der Waals surface area contributed by atoms with Crippen LogP contribution in [-0.2, 0) is 4.79 Å². The zero-order chi connectivity index (χ0) is 8.01. The highest BCUT2D eigenvalue weighted by atomic mass is 35.5. The highest BCUT2D eigenvalue weighted by molar-refractivity contribution is 6.25. The van der Waals surface area contributed by atoms with Crippen LogP contribution < -0.4 is 0 Å². The van der Waals surface area contributed by atoms with Gasteiger partial charge in [-0.15, -0.1) is 11.6 Å². The van der Waals surface area contributed by atoms with E-state index < -0.39 is 0 Å². The number of hydrogen-bond donors (Lipinski definition) is 0. The van der Waals surface area contributed by atoms with Crippen LogP contribution in [0.3, 0.4) is 0 Å². The van der Waals surface area contributed by atoms with Crippen LogP contribution in [0.25, 0.3) is 0 Å². The van der Waals surface area contributed by atoms with Gasteiger partial charge in [-0.1, -0.05) is 0 Å². The number of nitrogens with zero attached hydrogens (tertiary/aromatic N) is 1. The monoisotopic (exact) mass is 193 g/mol. The van der Waals surface area contributed by atoms with Gasteiger partial charge >= 0.3 is 0 Å². The molecule has 2 aliphatic heterocycles. The third-order valence-electron chi connectivity index (χ3n) is 2.50. The number of hydrogen-bond acceptors (Lipinski definition) is 2. The summed E-state index contributed by atoms with van der Waals surface area (Å²) < 4.78 is 1.61. The van der Waals surface area contributed by atoms with E-state index in [0.717, 1.165) is 12.8 Å². The molecule has 0 aromatic carbocycles. The lowest BCUT2D eigenvalue weighted by atomic mass is 10.1. The van der Waals surface area contributed by atoms with Gasteiger partial charge in [0.05, 0.1) is 5.38 Å². The molecule has 2 fully saturated rings. The fourth-order valence-corrected chi connectivity index (χ4v) is 2.75. The van der Waals surface area contributed by atoms with E-state index >= 15 is 0 Å². The van der Waals surface area contributed by atoms with Crippen LogP contribution in [0.5, 0.6) is 0 Å². The second kappa shape index (κ2) is 2.61. The minimum absolute atomic E-state index is 0.0706. The van der Waals surface area contributed by atoms with Crippen LogP contribution >= 0.6 is 23.4 Å². The zero-order valence-corrected chi connectivity index (χ0v) is 7.48. The molecular weight excluding hydrogens is 185 g/mol. The number of piperidine rings is 1. The predicted octanol–water partition coefficient (Wildman–Crippen LogP) is 1.55. The van der Waals surface area contributed by atoms with Gasteiger partial charge in [0.2, 0.25) is 0 Å². The minimum atomic E-state index is -0.211. The summed E-state index contributed by atoms with van der Waals surface area (Å²) in [5.41, 5.74) is 0. The van der Waals surface area contributed by atoms with Crippen LogP contribution in [0.2, 0.25) is 0 Å². The lowest BCUT2D eigenvalue weighted by Crippen LogP contribution is -2.41. The summed E-state index contributed by atoms with van der Waals surface area (Å²) in [6.07, 6.45) is 2.48. The number of rotatable bonds is 0. The molecule has 0 unspecified atom stereocenters. The van der Waals surface area contributed by atoms with E-state index in [1.807, 2.05) is 0 Å². The summed E-state index contributed by atoms with van der Waals surface area (Å²) in [5.74, 6) is 0.211. The molecule has 2 heterocycles. The van der Waals surface area contributed by atoms with Crippen LogP contribution in [0, 0.1) is 0 Å². The average molecular weight is 194 g/mol. The van der Waals surface area contributed by atoms with Gasteiger partial charge in [-0.2, -0.15) is 0 Å². The molecule has 0 aromatic rings. The Morgan fingerprint density at radius 1 is 1.45 bits per heavy atom. The number of ketones is 1. The van der Waals surface area contributed by atoms with Gasteiger partial charge in [0.25, 0.3) is 0 Å². The first-order valence-electron chi connectivity index (χ1n) is 3.81. The first-order chi connectivity index (χ1) is 5.20. The second-order valence-electron chi connectivity index (χ2n) is 3.21. The Hall–Kier alpha value is 0.210. The van der Waals surface area contributed by atoms with E-state index in [9.17, 15) is 4.79 Å². The molecule has 2 bridgehead atoms. The van der Waals surface area contributed by atoms with E-state index in [4.69, 9.17) is 23.4 Å². The summed E-state index contributed by atoms with van der Waals surface area (Å²) in [7, 11) is 0. The fourth-order valence-electron chi connectivity index (χ4n) is 1.90. The molecule has 0 radical (unpaired) electrons. The normalized spacial score (nSPS) is 44.9. The molecule has 0 N–H and O–H groups in total. The molecule has 3 atom stereocenters. The van der Waals surface area contributed by atoms with E-state index in [1.165, 1.54) is 0 Å². The molecule has 4 heteroatoms. The van der Waals surface area contributed by atoms with E-state index in [0.29, 0.717) is 6.42 Å². The maximum atomic E-state index is 11.3. The first-order valence-corrected chi connectivity index (χ1v) is 4.58. The van der Waals surface area contributed by atoms with E-state index in [1.54, 1.807) is 4.42 Å². The Kier molecular flexibility index (Phi) is 1.86. The lowest BCUT2D eigenvalue weighted by molar-refractivity contribution is -0.119. The summed E-state index contributed by atoms with van der Waals surface area (Å²) >= 11 is 11.9. The number of carbonyl (C=O) groups excluding carboxylic acids is 1. The molecular formula is C7H9Cl2NO. The van der Waals surface area contributed by atoms with Gasteiger partial charge in [0.15, 0.2) is 5.78 Å². The molecule has 62 valence electrons. The first kappa shape index (κ1) is 7.84. The van der Waals surface area contributed by atoms with Gasteiger partial charge in [0.1, 0.15) is 6.04 Å². The Morgan fingerprint density at radius 2 is 2.18 bits per heavy atom. The molecule has 0 spiro atoms. The van der Waals surface area contributed by atoms with Crippen molar-refractivity contribution < 1.29 is 4.79 Å². The molecule has 0 amide bonds. The Balaban J connectivity index is 2.25. The Labute approximate surface area is 75.6 Å². The molecule has 0 saturated carbocycles. The van der Waals surface area contributed by atoms with Gasteiger partial charge in [-0.25, -0.2) is 4.42 Å². The Morgan fingerprint density at radius 3 is 2.82 bits per heavy atom. The number of alkyl halides is 1. The third-order valence-corrected chi connectivity index (χ3v) is 3.44. The zero-order valence-electron chi connectivity index (χ0n) is 5.96. The number of fused-ring (bicyclic) bond motifs is 2. The summed E-state index contributed by atoms with van der Waals surface area (Å²) in [5, 5.41) is -0.0706. The molecule has 0 aliphatic carbocycles. The van der Waals surface area contributed by atoms with Crippen molar-refractivity contribution in [2.24, 2.45) is 0 Å².